The first-order valence-electron chi connectivity index (χ1n) is 11.2. The Balaban J connectivity index is 1.48. The van der Waals surface area contributed by atoms with Gasteiger partial charge in [-0.25, -0.2) is 14.8 Å². The van der Waals surface area contributed by atoms with Crippen molar-refractivity contribution < 1.29 is 14.6 Å². The first-order valence-corrected chi connectivity index (χ1v) is 11.2. The van der Waals surface area contributed by atoms with E-state index in [1.54, 1.807) is 61.1 Å². The van der Waals surface area contributed by atoms with Crippen molar-refractivity contribution in [3.05, 3.63) is 96.1 Å². The van der Waals surface area contributed by atoms with Crippen molar-refractivity contribution in [3.8, 4) is 0 Å². The summed E-state index contributed by atoms with van der Waals surface area (Å²) in [7, 11) is 0. The number of carbonyl (C=O) groups is 1. The molecular formula is C26H29N3O3. The van der Waals surface area contributed by atoms with Crippen molar-refractivity contribution in [1.82, 2.24) is 14.9 Å². The van der Waals surface area contributed by atoms with Gasteiger partial charge in [-0.05, 0) is 49.5 Å². The third-order valence-corrected chi connectivity index (χ3v) is 6.08. The fourth-order valence-corrected chi connectivity index (χ4v) is 4.31. The van der Waals surface area contributed by atoms with Gasteiger partial charge in [-0.15, -0.1) is 0 Å². The number of benzene rings is 2. The molecule has 0 radical (unpaired) electrons. The summed E-state index contributed by atoms with van der Waals surface area (Å²) in [6.07, 6.45) is 6.36. The summed E-state index contributed by atoms with van der Waals surface area (Å²) >= 11 is 0. The minimum absolute atomic E-state index is 0.130. The summed E-state index contributed by atoms with van der Waals surface area (Å²) in [5, 5.41) is 11.5. The van der Waals surface area contributed by atoms with Crippen LogP contribution in [0.15, 0.2) is 79.3 Å². The maximum absolute atomic E-state index is 13.2. The van der Waals surface area contributed by atoms with Gasteiger partial charge in [0.15, 0.2) is 0 Å². The number of hydrogen-bond donors (Lipinski definition) is 1. The van der Waals surface area contributed by atoms with Crippen molar-refractivity contribution in [3.63, 3.8) is 0 Å². The molecule has 3 aromatic rings. The Hall–Kier alpha value is -3.09. The monoisotopic (exact) mass is 431 g/mol. The topological polar surface area (TPSA) is 75.5 Å². The molecule has 0 unspecified atom stereocenters. The summed E-state index contributed by atoms with van der Waals surface area (Å²) < 4.78 is 5.68. The second-order valence-corrected chi connectivity index (χ2v) is 8.21. The Kier molecular flexibility index (Phi) is 7.24. The predicted octanol–water partition coefficient (Wildman–Crippen LogP) is 3.53. The maximum Gasteiger partial charge on any atom is 0.347 e. The molecule has 1 N–H and O–H groups in total. The molecule has 0 aliphatic carbocycles. The van der Waals surface area contributed by atoms with E-state index in [0.717, 1.165) is 25.3 Å². The van der Waals surface area contributed by atoms with Gasteiger partial charge in [0.2, 0.25) is 5.60 Å². The van der Waals surface area contributed by atoms with Crippen LogP contribution in [0.5, 0.6) is 0 Å². The van der Waals surface area contributed by atoms with E-state index in [-0.39, 0.29) is 12.5 Å². The number of likely N-dealkylation sites (tertiary alicyclic amines) is 1. The van der Waals surface area contributed by atoms with Gasteiger partial charge >= 0.3 is 5.97 Å². The number of carbonyl (C=O) groups excluding carboxylic acids is 1. The number of aliphatic hydroxyl groups is 1. The number of nitrogens with zero attached hydrogens (tertiary/aromatic N) is 3. The van der Waals surface area contributed by atoms with E-state index in [1.165, 1.54) is 12.8 Å². The van der Waals surface area contributed by atoms with Crippen LogP contribution in [-0.4, -0.2) is 52.2 Å². The van der Waals surface area contributed by atoms with Crippen LogP contribution >= 0.6 is 0 Å². The standard InChI is InChI=1S/C26H29N3O3/c30-25(26(31,22-9-3-1-4-10-22)23-11-5-2-6-12-23)32-18-14-21(19-29-16-7-8-17-29)24-13-15-27-20-28-24/h1-6,9-13,15,20-21,31H,7-8,14,16-19H2/t21-/m0/s1. The first kappa shape index (κ1) is 22.1. The van der Waals surface area contributed by atoms with Crippen LogP contribution in [0.2, 0.25) is 0 Å². The summed E-state index contributed by atoms with van der Waals surface area (Å²) in [6.45, 7) is 3.24. The fraction of sp³-hybridized carbons (Fsp3) is 0.346. The van der Waals surface area contributed by atoms with E-state index in [1.807, 2.05) is 18.2 Å². The molecule has 32 heavy (non-hydrogen) atoms. The van der Waals surface area contributed by atoms with Gasteiger partial charge in [0.1, 0.15) is 6.33 Å². The quantitative estimate of drug-likeness (QED) is 0.523. The molecule has 1 aliphatic heterocycles. The zero-order chi connectivity index (χ0) is 22.2. The molecule has 1 aliphatic rings. The number of esters is 1. The van der Waals surface area contributed by atoms with Gasteiger partial charge in [0.25, 0.3) is 0 Å². The van der Waals surface area contributed by atoms with E-state index < -0.39 is 11.6 Å². The number of hydrogen-bond acceptors (Lipinski definition) is 6. The Morgan fingerprint density at radius 3 is 2.19 bits per heavy atom. The van der Waals surface area contributed by atoms with Gasteiger partial charge in [-0.2, -0.15) is 0 Å². The summed E-state index contributed by atoms with van der Waals surface area (Å²) in [5.41, 5.74) is 0.0626. The zero-order valence-corrected chi connectivity index (χ0v) is 18.1. The lowest BCUT2D eigenvalue weighted by molar-refractivity contribution is -0.162. The van der Waals surface area contributed by atoms with E-state index >= 15 is 0 Å². The van der Waals surface area contributed by atoms with Crippen LogP contribution in [0.3, 0.4) is 0 Å². The van der Waals surface area contributed by atoms with Crippen molar-refractivity contribution in [2.45, 2.75) is 30.8 Å². The normalized spacial score (nSPS) is 15.4. The summed E-state index contributed by atoms with van der Waals surface area (Å²) in [4.78, 5) is 24.1. The molecule has 0 amide bonds. The summed E-state index contributed by atoms with van der Waals surface area (Å²) in [5.74, 6) is -0.539. The Morgan fingerprint density at radius 2 is 1.62 bits per heavy atom. The van der Waals surface area contributed by atoms with E-state index in [9.17, 15) is 9.90 Å². The second kappa shape index (κ2) is 10.5. The second-order valence-electron chi connectivity index (χ2n) is 8.21. The average Bonchev–Trinajstić information content (AvgIpc) is 3.37. The SMILES string of the molecule is O=C(OCC[C@@H](CN1CCCC1)c1ccncn1)C(O)(c1ccccc1)c1ccccc1. The van der Waals surface area contributed by atoms with E-state index in [4.69, 9.17) is 4.74 Å². The molecule has 0 spiro atoms. The maximum atomic E-state index is 13.2. The smallest absolute Gasteiger partial charge is 0.347 e. The van der Waals surface area contributed by atoms with Crippen LogP contribution in [0.4, 0.5) is 0 Å². The Labute approximate surface area is 188 Å². The lowest BCUT2D eigenvalue weighted by Crippen LogP contribution is -2.39. The van der Waals surface area contributed by atoms with Crippen molar-refractivity contribution in [2.75, 3.05) is 26.2 Å². The zero-order valence-electron chi connectivity index (χ0n) is 18.1. The molecule has 1 aromatic heterocycles. The highest BCUT2D eigenvalue weighted by Crippen LogP contribution is 2.31. The van der Waals surface area contributed by atoms with Crippen molar-refractivity contribution >= 4 is 5.97 Å². The van der Waals surface area contributed by atoms with Crippen LogP contribution in [0, 0.1) is 0 Å². The first-order chi connectivity index (χ1) is 15.7. The van der Waals surface area contributed by atoms with Crippen molar-refractivity contribution in [2.24, 2.45) is 0 Å². The average molecular weight is 432 g/mol. The molecule has 6 nitrogen and oxygen atoms in total. The molecular weight excluding hydrogens is 402 g/mol. The molecule has 6 heteroatoms. The predicted molar refractivity (Wildman–Crippen MR) is 122 cm³/mol. The fourth-order valence-electron chi connectivity index (χ4n) is 4.31. The van der Waals surface area contributed by atoms with Crippen LogP contribution < -0.4 is 0 Å². The van der Waals surface area contributed by atoms with Crippen LogP contribution in [0.1, 0.15) is 42.0 Å². The van der Waals surface area contributed by atoms with Gasteiger partial charge in [-0.3, -0.25) is 0 Å². The lowest BCUT2D eigenvalue weighted by Gasteiger charge is -2.28. The van der Waals surface area contributed by atoms with Gasteiger partial charge < -0.3 is 14.7 Å². The molecule has 166 valence electrons. The van der Waals surface area contributed by atoms with Crippen molar-refractivity contribution in [1.29, 1.82) is 0 Å². The minimum Gasteiger partial charge on any atom is -0.463 e. The molecule has 4 rings (SSSR count). The Bertz CT molecular complexity index is 937. The molecule has 1 atom stereocenters. The van der Waals surface area contributed by atoms with E-state index in [2.05, 4.69) is 14.9 Å². The van der Waals surface area contributed by atoms with Crippen LogP contribution in [0.25, 0.3) is 0 Å². The highest BCUT2D eigenvalue weighted by atomic mass is 16.5. The molecule has 0 bridgehead atoms. The number of rotatable bonds is 9. The largest absolute Gasteiger partial charge is 0.463 e. The Morgan fingerprint density at radius 1 is 1.00 bits per heavy atom. The third-order valence-electron chi connectivity index (χ3n) is 6.08. The molecule has 2 aromatic carbocycles. The lowest BCUT2D eigenvalue weighted by atomic mass is 9.86. The van der Waals surface area contributed by atoms with Gasteiger partial charge in [0.05, 0.1) is 6.61 Å². The number of aromatic nitrogens is 2. The highest BCUT2D eigenvalue weighted by Gasteiger charge is 2.41. The molecule has 1 fully saturated rings. The highest BCUT2D eigenvalue weighted by molar-refractivity contribution is 5.85. The minimum atomic E-state index is -1.86. The van der Waals surface area contributed by atoms with E-state index in [0.29, 0.717) is 17.5 Å². The summed E-state index contributed by atoms with van der Waals surface area (Å²) in [6, 6.07) is 19.8. The van der Waals surface area contributed by atoms with Crippen LogP contribution in [-0.2, 0) is 15.1 Å². The molecule has 1 saturated heterocycles. The van der Waals surface area contributed by atoms with Gasteiger partial charge in [-0.1, -0.05) is 60.7 Å². The number of ether oxygens (including phenoxy) is 1. The van der Waals surface area contributed by atoms with Gasteiger partial charge in [0, 0.05) is 24.4 Å². The third kappa shape index (κ3) is 5.03. The molecule has 0 saturated carbocycles. The molecule has 2 heterocycles.